The molecule has 0 amide bonds. The number of Topliss-reactive ketones (excluding diaryl/α,β-unsaturated/α-hetero) is 1. The number of halogens is 1. The van der Waals surface area contributed by atoms with E-state index in [0.717, 1.165) is 0 Å². The Hall–Kier alpha value is -1.66. The molecule has 0 atom stereocenters. The summed E-state index contributed by atoms with van der Waals surface area (Å²) in [6, 6.07) is 0. The van der Waals surface area contributed by atoms with Crippen LogP contribution in [-0.4, -0.2) is 20.5 Å². The summed E-state index contributed by atoms with van der Waals surface area (Å²) >= 11 is 7.23. The Morgan fingerprint density at radius 2 is 2.14 bits per heavy atom. The highest BCUT2D eigenvalue weighted by atomic mass is 35.5. The number of hydrogen-bond acceptors (Lipinski definition) is 4. The maximum atomic E-state index is 12.0. The molecule has 112 valence electrons. The van der Waals surface area contributed by atoms with Gasteiger partial charge in [0.05, 0.1) is 26.1 Å². The highest BCUT2D eigenvalue weighted by Crippen LogP contribution is 2.15. The van der Waals surface area contributed by atoms with E-state index in [4.69, 9.17) is 11.6 Å². The van der Waals surface area contributed by atoms with Crippen molar-refractivity contribution in [2.45, 2.75) is 20.8 Å². The summed E-state index contributed by atoms with van der Waals surface area (Å²) in [6.07, 6.45) is 4.65. The summed E-state index contributed by atoms with van der Waals surface area (Å²) in [4.78, 5) is 26.6. The van der Waals surface area contributed by atoms with E-state index in [2.05, 4.69) is 10.1 Å². The zero-order valence-electron chi connectivity index (χ0n) is 12.2. The lowest BCUT2D eigenvalue weighted by molar-refractivity contribution is -0.119. The monoisotopic (exact) mass is 325 g/mol. The Kier molecular flexibility index (Phi) is 4.20. The Bertz CT molecular complexity index is 833. The Balaban J connectivity index is 2.53. The topological polar surface area (TPSA) is 67.8 Å². The van der Waals surface area contributed by atoms with E-state index in [-0.39, 0.29) is 11.3 Å². The van der Waals surface area contributed by atoms with Crippen molar-refractivity contribution >= 4 is 40.9 Å². The molecule has 0 aromatic carbocycles. The van der Waals surface area contributed by atoms with Gasteiger partial charge in [-0.15, -0.1) is 11.3 Å². The highest BCUT2D eigenvalue weighted by Gasteiger charge is 2.18. The average molecular weight is 326 g/mol. The summed E-state index contributed by atoms with van der Waals surface area (Å²) in [5, 5.41) is 4.49. The van der Waals surface area contributed by atoms with Gasteiger partial charge in [0.25, 0.3) is 5.56 Å². The second-order valence-electron chi connectivity index (χ2n) is 5.69. The van der Waals surface area contributed by atoms with Gasteiger partial charge in [0.15, 0.2) is 5.78 Å². The Labute approximate surface area is 130 Å². The molecule has 21 heavy (non-hydrogen) atoms. The van der Waals surface area contributed by atoms with Crippen molar-refractivity contribution in [2.24, 2.45) is 12.5 Å². The van der Waals surface area contributed by atoms with Crippen LogP contribution in [0.1, 0.15) is 26.5 Å². The molecule has 7 heteroatoms. The molecule has 1 N–H and O–H groups in total. The number of hydrogen-bond donors (Lipinski definition) is 1. The quantitative estimate of drug-likeness (QED) is 0.897. The van der Waals surface area contributed by atoms with E-state index in [1.807, 2.05) is 20.8 Å². The van der Waals surface area contributed by atoms with Crippen LogP contribution in [0.25, 0.3) is 12.2 Å². The largest absolute Gasteiger partial charge is 0.313 e. The Morgan fingerprint density at radius 1 is 1.48 bits per heavy atom. The minimum atomic E-state index is -0.476. The van der Waals surface area contributed by atoms with Crippen molar-refractivity contribution in [1.29, 1.82) is 0 Å². The number of nitrogens with one attached hydrogen (secondary N) is 1. The number of rotatable bonds is 2. The molecule has 0 aliphatic carbocycles. The third-order valence-corrected chi connectivity index (χ3v) is 4.14. The van der Waals surface area contributed by atoms with Crippen molar-refractivity contribution in [3.63, 3.8) is 0 Å². The van der Waals surface area contributed by atoms with E-state index in [0.29, 0.717) is 19.9 Å². The van der Waals surface area contributed by atoms with Crippen LogP contribution in [0.15, 0.2) is 11.0 Å². The molecule has 0 aliphatic heterocycles. The molecular formula is C14H16ClN3O2S. The van der Waals surface area contributed by atoms with Gasteiger partial charge in [-0.25, -0.2) is 0 Å². The van der Waals surface area contributed by atoms with Gasteiger partial charge < -0.3 is 4.98 Å². The van der Waals surface area contributed by atoms with E-state index >= 15 is 0 Å². The molecule has 2 rings (SSSR count). The fourth-order valence-corrected chi connectivity index (χ4v) is 2.65. The number of H-pyrrole nitrogens is 1. The highest BCUT2D eigenvalue weighted by molar-refractivity contribution is 7.07. The number of aryl methyl sites for hydroxylation is 1. The van der Waals surface area contributed by atoms with Gasteiger partial charge in [0.1, 0.15) is 0 Å². The molecule has 5 nitrogen and oxygen atoms in total. The number of aromatic nitrogens is 3. The van der Waals surface area contributed by atoms with E-state index in [1.54, 1.807) is 17.8 Å². The van der Waals surface area contributed by atoms with Gasteiger partial charge in [0.2, 0.25) is 0 Å². The van der Waals surface area contributed by atoms with Crippen LogP contribution in [0.2, 0.25) is 5.02 Å². The van der Waals surface area contributed by atoms with Gasteiger partial charge >= 0.3 is 0 Å². The lowest BCUT2D eigenvalue weighted by Crippen LogP contribution is -2.22. The van der Waals surface area contributed by atoms with Gasteiger partial charge in [-0.05, 0) is 6.08 Å². The number of carbonyl (C=O) groups excluding carboxylic acids is 1. The minimum Gasteiger partial charge on any atom is -0.313 e. The first-order valence-corrected chi connectivity index (χ1v) is 7.52. The molecule has 2 heterocycles. The van der Waals surface area contributed by atoms with Gasteiger partial charge in [-0.1, -0.05) is 32.4 Å². The SMILES string of the molecule is Cn1ncc(Cl)c1C=c1sc(=CC(=O)C(C)(C)C)[nH]c1=O. The molecule has 0 fully saturated rings. The third kappa shape index (κ3) is 3.51. The maximum absolute atomic E-state index is 12.0. The number of thiazole rings is 1. The summed E-state index contributed by atoms with van der Waals surface area (Å²) in [5.74, 6) is -0.0369. The standard InChI is InChI=1S/C14H16ClN3O2S/c1-14(2,3)11(19)6-12-17-13(20)10(21-12)5-9-8(15)7-16-18(9)4/h5-7H,1-4H3,(H,17,20). The van der Waals surface area contributed by atoms with E-state index < -0.39 is 5.41 Å². The predicted octanol–water partition coefficient (Wildman–Crippen LogP) is 1.05. The van der Waals surface area contributed by atoms with Crippen LogP contribution in [0, 0.1) is 5.41 Å². The molecule has 2 aromatic rings. The van der Waals surface area contributed by atoms with Crippen LogP contribution in [0.5, 0.6) is 0 Å². The normalized spacial score (nSPS) is 14.0. The zero-order valence-corrected chi connectivity index (χ0v) is 13.8. The smallest absolute Gasteiger partial charge is 0.266 e. The second kappa shape index (κ2) is 5.61. The molecule has 2 aromatic heterocycles. The van der Waals surface area contributed by atoms with Gasteiger partial charge in [0, 0.05) is 18.5 Å². The number of nitrogens with zero attached hydrogens (tertiary/aromatic N) is 2. The fourth-order valence-electron chi connectivity index (χ4n) is 1.57. The fraction of sp³-hybridized carbons (Fsp3) is 0.357. The molecule has 0 saturated heterocycles. The molecule has 0 unspecified atom stereocenters. The summed E-state index contributed by atoms with van der Waals surface area (Å²) in [5.41, 5.74) is -0.0706. The van der Waals surface area contributed by atoms with Crippen LogP contribution >= 0.6 is 22.9 Å². The third-order valence-electron chi connectivity index (χ3n) is 2.89. The van der Waals surface area contributed by atoms with Crippen LogP contribution in [0.3, 0.4) is 0 Å². The summed E-state index contributed by atoms with van der Waals surface area (Å²) in [7, 11) is 1.75. The average Bonchev–Trinajstić information content (AvgIpc) is 2.86. The van der Waals surface area contributed by atoms with Crippen molar-refractivity contribution in [1.82, 2.24) is 14.8 Å². The van der Waals surface area contributed by atoms with Crippen molar-refractivity contribution in [3.8, 4) is 0 Å². The zero-order chi connectivity index (χ0) is 15.8. The van der Waals surface area contributed by atoms with Crippen molar-refractivity contribution in [3.05, 3.63) is 36.5 Å². The molecule has 0 aliphatic rings. The first-order valence-electron chi connectivity index (χ1n) is 6.33. The lowest BCUT2D eigenvalue weighted by atomic mass is 9.91. The van der Waals surface area contributed by atoms with Gasteiger partial charge in [-0.3, -0.25) is 14.3 Å². The maximum Gasteiger partial charge on any atom is 0.266 e. The molecular weight excluding hydrogens is 310 g/mol. The summed E-state index contributed by atoms with van der Waals surface area (Å²) in [6.45, 7) is 5.50. The van der Waals surface area contributed by atoms with Crippen LogP contribution < -0.4 is 14.8 Å². The lowest BCUT2D eigenvalue weighted by Gasteiger charge is -2.12. The van der Waals surface area contributed by atoms with Gasteiger partial charge in [-0.2, -0.15) is 5.10 Å². The van der Waals surface area contributed by atoms with Crippen molar-refractivity contribution in [2.75, 3.05) is 0 Å². The van der Waals surface area contributed by atoms with Crippen LogP contribution in [0.4, 0.5) is 0 Å². The number of ketones is 1. The summed E-state index contributed by atoms with van der Waals surface area (Å²) < 4.78 is 2.60. The second-order valence-corrected chi connectivity index (χ2v) is 7.18. The van der Waals surface area contributed by atoms with Crippen LogP contribution in [-0.2, 0) is 11.8 Å². The number of carbonyl (C=O) groups is 1. The molecule has 0 bridgehead atoms. The van der Waals surface area contributed by atoms with E-state index in [1.165, 1.54) is 23.6 Å². The predicted molar refractivity (Wildman–Crippen MR) is 84.9 cm³/mol. The first kappa shape index (κ1) is 15.7. The minimum absolute atomic E-state index is 0.0369. The molecule has 0 saturated carbocycles. The molecule has 0 spiro atoms. The Morgan fingerprint density at radius 3 is 2.67 bits per heavy atom. The van der Waals surface area contributed by atoms with E-state index in [9.17, 15) is 9.59 Å². The number of aromatic amines is 1. The van der Waals surface area contributed by atoms with Crippen molar-refractivity contribution < 1.29 is 4.79 Å². The molecule has 0 radical (unpaired) electrons. The first-order chi connectivity index (χ1) is 9.68.